The third-order valence-corrected chi connectivity index (χ3v) is 6.21. The van der Waals surface area contributed by atoms with E-state index in [1.807, 2.05) is 13.8 Å². The fraction of sp³-hybridized carbons (Fsp3) is 0.364. The van der Waals surface area contributed by atoms with E-state index in [2.05, 4.69) is 5.32 Å². The van der Waals surface area contributed by atoms with Gasteiger partial charge in [0.2, 0.25) is 11.8 Å². The largest absolute Gasteiger partial charge is 0.352 e. The first-order valence-corrected chi connectivity index (χ1v) is 11.1. The quantitative estimate of drug-likeness (QED) is 0.481. The highest BCUT2D eigenvalue weighted by Crippen LogP contribution is 2.27. The minimum Gasteiger partial charge on any atom is -0.352 e. The number of amides is 2. The summed E-state index contributed by atoms with van der Waals surface area (Å²) in [5, 5.41) is 4.64. The van der Waals surface area contributed by atoms with Crippen molar-refractivity contribution in [2.75, 3.05) is 0 Å². The number of hydrogen-bond acceptors (Lipinski definition) is 2. The van der Waals surface area contributed by atoms with E-state index < -0.39 is 6.04 Å². The molecule has 0 aliphatic rings. The maximum Gasteiger partial charge on any atom is 0.242 e. The molecule has 30 heavy (non-hydrogen) atoms. The van der Waals surface area contributed by atoms with Gasteiger partial charge in [0.1, 0.15) is 6.04 Å². The van der Waals surface area contributed by atoms with Gasteiger partial charge in [-0.15, -0.1) is 0 Å². The lowest BCUT2D eigenvalue weighted by Gasteiger charge is -2.30. The van der Waals surface area contributed by atoms with Gasteiger partial charge >= 0.3 is 0 Å². The number of nitrogens with one attached hydrogen (secondary N) is 1. The first kappa shape index (κ1) is 24.8. The van der Waals surface area contributed by atoms with Crippen molar-refractivity contribution in [2.45, 2.75) is 52.2 Å². The summed E-state index contributed by atoms with van der Waals surface area (Å²) in [5.74, 6) is -0.532. The standard InChI is InChI=1S/C22H24Cl4N2O2/c1-4-13(2)27-22(30)14(3)28(12-15-8-9-16(23)10-20(15)26)21(29)11-17-18(24)6-5-7-19(17)25/h5-10,13-14H,4,11-12H2,1-3H3,(H,27,30)/t13-,14+/m1/s1. The van der Waals surface area contributed by atoms with Crippen LogP contribution in [0.3, 0.4) is 0 Å². The van der Waals surface area contributed by atoms with Crippen LogP contribution in [0.25, 0.3) is 0 Å². The number of hydrogen-bond donors (Lipinski definition) is 1. The maximum absolute atomic E-state index is 13.3. The molecule has 162 valence electrons. The van der Waals surface area contributed by atoms with Crippen molar-refractivity contribution in [3.63, 3.8) is 0 Å². The van der Waals surface area contributed by atoms with Crippen LogP contribution in [-0.4, -0.2) is 28.8 Å². The highest BCUT2D eigenvalue weighted by Gasteiger charge is 2.28. The van der Waals surface area contributed by atoms with Crippen LogP contribution in [0.4, 0.5) is 0 Å². The number of halogens is 4. The van der Waals surface area contributed by atoms with E-state index in [0.717, 1.165) is 6.42 Å². The summed E-state index contributed by atoms with van der Waals surface area (Å²) < 4.78 is 0. The zero-order valence-corrected chi connectivity index (χ0v) is 20.0. The Kier molecular flexibility index (Phi) is 9.30. The molecule has 8 heteroatoms. The molecule has 0 radical (unpaired) electrons. The zero-order chi connectivity index (χ0) is 22.4. The molecule has 0 unspecified atom stereocenters. The number of carbonyl (C=O) groups excluding carboxylic acids is 2. The van der Waals surface area contributed by atoms with Gasteiger partial charge in [-0.25, -0.2) is 0 Å². The molecule has 0 saturated heterocycles. The number of rotatable bonds is 8. The minimum atomic E-state index is -0.723. The van der Waals surface area contributed by atoms with E-state index in [-0.39, 0.29) is 30.8 Å². The van der Waals surface area contributed by atoms with E-state index in [0.29, 0.717) is 31.2 Å². The number of benzene rings is 2. The molecule has 0 aromatic heterocycles. The third-order valence-electron chi connectivity index (χ3n) is 4.91. The lowest BCUT2D eigenvalue weighted by atomic mass is 10.1. The fourth-order valence-corrected chi connectivity index (χ4v) is 3.83. The van der Waals surface area contributed by atoms with Gasteiger partial charge in [0.05, 0.1) is 6.42 Å². The number of nitrogens with zero attached hydrogens (tertiary/aromatic N) is 1. The minimum absolute atomic E-state index is 0.00552. The SMILES string of the molecule is CC[C@@H](C)NC(=O)[C@H](C)N(Cc1ccc(Cl)cc1Cl)C(=O)Cc1c(Cl)cccc1Cl. The Bertz CT molecular complexity index is 900. The Balaban J connectivity index is 2.34. The van der Waals surface area contributed by atoms with Crippen molar-refractivity contribution in [2.24, 2.45) is 0 Å². The molecule has 1 N–H and O–H groups in total. The monoisotopic (exact) mass is 488 g/mol. The van der Waals surface area contributed by atoms with E-state index in [4.69, 9.17) is 46.4 Å². The van der Waals surface area contributed by atoms with Crippen LogP contribution in [0.5, 0.6) is 0 Å². The Labute approximate surface area is 197 Å². The van der Waals surface area contributed by atoms with Gasteiger partial charge in [0.25, 0.3) is 0 Å². The normalized spacial score (nSPS) is 12.9. The summed E-state index contributed by atoms with van der Waals surface area (Å²) in [6, 6.07) is 9.38. The van der Waals surface area contributed by atoms with Crippen molar-refractivity contribution in [1.82, 2.24) is 10.2 Å². The van der Waals surface area contributed by atoms with Crippen LogP contribution in [-0.2, 0) is 22.6 Å². The molecule has 2 atom stereocenters. The van der Waals surface area contributed by atoms with Crippen molar-refractivity contribution in [1.29, 1.82) is 0 Å². The third kappa shape index (κ3) is 6.52. The molecule has 2 aromatic carbocycles. The molecule has 0 fully saturated rings. The molecule has 0 saturated carbocycles. The van der Waals surface area contributed by atoms with Crippen molar-refractivity contribution < 1.29 is 9.59 Å². The smallest absolute Gasteiger partial charge is 0.242 e. The molecular weight excluding hydrogens is 466 g/mol. The molecule has 0 aliphatic carbocycles. The highest BCUT2D eigenvalue weighted by atomic mass is 35.5. The summed E-state index contributed by atoms with van der Waals surface area (Å²) in [4.78, 5) is 27.5. The molecular formula is C22H24Cl4N2O2. The van der Waals surface area contributed by atoms with Crippen molar-refractivity contribution >= 4 is 58.2 Å². The number of carbonyl (C=O) groups is 2. The predicted molar refractivity (Wildman–Crippen MR) is 125 cm³/mol. The molecule has 4 nitrogen and oxygen atoms in total. The molecule has 0 heterocycles. The van der Waals surface area contributed by atoms with Gasteiger partial charge in [-0.3, -0.25) is 9.59 Å². The lowest BCUT2D eigenvalue weighted by Crippen LogP contribution is -2.50. The second-order valence-corrected chi connectivity index (χ2v) is 8.79. The molecule has 0 aliphatic heterocycles. The summed E-state index contributed by atoms with van der Waals surface area (Å²) >= 11 is 24.8. The molecule has 2 rings (SSSR count). The zero-order valence-electron chi connectivity index (χ0n) is 17.0. The van der Waals surface area contributed by atoms with Crippen molar-refractivity contribution in [3.8, 4) is 0 Å². The van der Waals surface area contributed by atoms with Crippen LogP contribution < -0.4 is 5.32 Å². The Morgan fingerprint density at radius 2 is 1.63 bits per heavy atom. The molecule has 2 aromatic rings. The van der Waals surface area contributed by atoms with Crippen LogP contribution in [0.1, 0.15) is 38.3 Å². The molecule has 2 amide bonds. The van der Waals surface area contributed by atoms with E-state index >= 15 is 0 Å². The van der Waals surface area contributed by atoms with Crippen LogP contribution >= 0.6 is 46.4 Å². The predicted octanol–water partition coefficient (Wildman–Crippen LogP) is 6.17. The average molecular weight is 490 g/mol. The van der Waals surface area contributed by atoms with Crippen LogP contribution in [0, 0.1) is 0 Å². The van der Waals surface area contributed by atoms with E-state index in [1.54, 1.807) is 43.3 Å². The Hall–Kier alpha value is -1.46. The van der Waals surface area contributed by atoms with E-state index in [9.17, 15) is 9.59 Å². The lowest BCUT2D eigenvalue weighted by molar-refractivity contribution is -0.140. The molecule has 0 bridgehead atoms. The first-order chi connectivity index (χ1) is 14.1. The Morgan fingerprint density at radius 3 is 2.20 bits per heavy atom. The fourth-order valence-electron chi connectivity index (χ4n) is 2.84. The van der Waals surface area contributed by atoms with Crippen LogP contribution in [0.15, 0.2) is 36.4 Å². The summed E-state index contributed by atoms with van der Waals surface area (Å²) in [6.07, 6.45) is 0.745. The first-order valence-electron chi connectivity index (χ1n) is 9.60. The average Bonchev–Trinajstić information content (AvgIpc) is 2.69. The second-order valence-electron chi connectivity index (χ2n) is 7.13. The maximum atomic E-state index is 13.3. The van der Waals surface area contributed by atoms with Gasteiger partial charge < -0.3 is 10.2 Å². The summed E-state index contributed by atoms with van der Waals surface area (Å²) in [5.41, 5.74) is 1.20. The van der Waals surface area contributed by atoms with Gasteiger partial charge in [-0.1, -0.05) is 65.5 Å². The molecule has 0 spiro atoms. The van der Waals surface area contributed by atoms with Gasteiger partial charge in [-0.05, 0) is 55.7 Å². The van der Waals surface area contributed by atoms with Gasteiger partial charge in [-0.2, -0.15) is 0 Å². The van der Waals surface area contributed by atoms with Gasteiger partial charge in [0, 0.05) is 32.7 Å². The van der Waals surface area contributed by atoms with Gasteiger partial charge in [0.15, 0.2) is 0 Å². The topological polar surface area (TPSA) is 49.4 Å². The highest BCUT2D eigenvalue weighted by molar-refractivity contribution is 6.36. The summed E-state index contributed by atoms with van der Waals surface area (Å²) in [6.45, 7) is 5.72. The van der Waals surface area contributed by atoms with Crippen LogP contribution in [0.2, 0.25) is 20.1 Å². The summed E-state index contributed by atoms with van der Waals surface area (Å²) in [7, 11) is 0. The second kappa shape index (κ2) is 11.2. The Morgan fingerprint density at radius 1 is 1.00 bits per heavy atom. The van der Waals surface area contributed by atoms with Crippen molar-refractivity contribution in [3.05, 3.63) is 67.6 Å². The van der Waals surface area contributed by atoms with E-state index in [1.165, 1.54) is 4.90 Å².